The Bertz CT molecular complexity index is 708. The van der Waals surface area contributed by atoms with Crippen LogP contribution in [0.3, 0.4) is 0 Å². The molecular formula is C15H9I2N. The number of pyridine rings is 1. The monoisotopic (exact) mass is 457 g/mol. The van der Waals surface area contributed by atoms with Crippen LogP contribution in [0.1, 0.15) is 0 Å². The van der Waals surface area contributed by atoms with E-state index in [9.17, 15) is 0 Å². The second-order valence-electron chi connectivity index (χ2n) is 4.03. The fraction of sp³-hybridized carbons (Fsp3) is 0. The maximum atomic E-state index is 4.70. The van der Waals surface area contributed by atoms with Gasteiger partial charge in [0.2, 0.25) is 0 Å². The van der Waals surface area contributed by atoms with Gasteiger partial charge in [0, 0.05) is 14.5 Å². The van der Waals surface area contributed by atoms with Crippen LogP contribution in [-0.4, -0.2) is 4.98 Å². The minimum Gasteiger partial charge on any atom is -0.241 e. The molecule has 1 nitrogen and oxygen atoms in total. The highest BCUT2D eigenvalue weighted by atomic mass is 127. The highest BCUT2D eigenvalue weighted by Gasteiger charge is 2.05. The number of aromatic nitrogens is 1. The third kappa shape index (κ3) is 2.38. The van der Waals surface area contributed by atoms with Crippen LogP contribution in [-0.2, 0) is 0 Å². The summed E-state index contributed by atoms with van der Waals surface area (Å²) in [5.74, 6) is 0. The number of halogens is 2. The van der Waals surface area contributed by atoms with Crippen LogP contribution < -0.4 is 0 Å². The van der Waals surface area contributed by atoms with Crippen molar-refractivity contribution in [2.24, 2.45) is 0 Å². The van der Waals surface area contributed by atoms with Gasteiger partial charge in [-0.3, -0.25) is 0 Å². The summed E-state index contributed by atoms with van der Waals surface area (Å²) < 4.78 is 2.30. The molecule has 3 rings (SSSR count). The standard InChI is InChI=1S/C15H9I2N/c16-12-7-6-11-8-14(10-4-2-1-3-5-10)18-15(17)13(11)9-12/h1-9H. The van der Waals surface area contributed by atoms with E-state index in [-0.39, 0.29) is 0 Å². The van der Waals surface area contributed by atoms with Gasteiger partial charge >= 0.3 is 0 Å². The summed E-state index contributed by atoms with van der Waals surface area (Å²) in [7, 11) is 0. The summed E-state index contributed by atoms with van der Waals surface area (Å²) in [6, 6.07) is 18.9. The summed E-state index contributed by atoms with van der Waals surface area (Å²) in [6.45, 7) is 0. The molecule has 0 fully saturated rings. The number of rotatable bonds is 1. The van der Waals surface area contributed by atoms with Crippen molar-refractivity contribution >= 4 is 56.0 Å². The summed E-state index contributed by atoms with van der Waals surface area (Å²) in [5, 5.41) is 2.47. The smallest absolute Gasteiger partial charge is 0.109 e. The first-order valence-electron chi connectivity index (χ1n) is 5.55. The molecule has 0 saturated carbocycles. The van der Waals surface area contributed by atoms with Gasteiger partial charge in [-0.05, 0) is 68.8 Å². The summed E-state index contributed by atoms with van der Waals surface area (Å²) in [6.07, 6.45) is 0. The molecule has 0 aliphatic carbocycles. The van der Waals surface area contributed by atoms with Gasteiger partial charge in [0.15, 0.2) is 0 Å². The Balaban J connectivity index is 2.25. The van der Waals surface area contributed by atoms with Crippen LogP contribution in [0.4, 0.5) is 0 Å². The quantitative estimate of drug-likeness (QED) is 0.366. The first-order valence-corrected chi connectivity index (χ1v) is 7.71. The lowest BCUT2D eigenvalue weighted by Gasteiger charge is -2.06. The Labute approximate surface area is 133 Å². The Kier molecular flexibility index (Phi) is 3.52. The summed E-state index contributed by atoms with van der Waals surface area (Å²) in [5.41, 5.74) is 2.20. The third-order valence-corrected chi connectivity index (χ3v) is 4.31. The Morgan fingerprint density at radius 1 is 0.833 bits per heavy atom. The molecule has 0 amide bonds. The van der Waals surface area contributed by atoms with E-state index in [0.29, 0.717) is 0 Å². The molecule has 3 aromatic rings. The van der Waals surface area contributed by atoms with Crippen molar-refractivity contribution in [2.75, 3.05) is 0 Å². The van der Waals surface area contributed by atoms with E-state index in [1.54, 1.807) is 0 Å². The molecule has 88 valence electrons. The number of hydrogen-bond acceptors (Lipinski definition) is 1. The lowest BCUT2D eigenvalue weighted by Crippen LogP contribution is -1.89. The molecule has 0 aliphatic heterocycles. The van der Waals surface area contributed by atoms with Crippen molar-refractivity contribution in [3.63, 3.8) is 0 Å². The first-order chi connectivity index (χ1) is 8.74. The highest BCUT2D eigenvalue weighted by Crippen LogP contribution is 2.26. The minimum atomic E-state index is 1.04. The molecule has 2 aromatic carbocycles. The topological polar surface area (TPSA) is 12.9 Å². The third-order valence-electron chi connectivity index (χ3n) is 2.82. The van der Waals surface area contributed by atoms with Crippen LogP contribution in [0.2, 0.25) is 0 Å². The summed E-state index contributed by atoms with van der Waals surface area (Å²) >= 11 is 4.65. The molecule has 3 heteroatoms. The van der Waals surface area contributed by atoms with E-state index in [1.165, 1.54) is 14.3 Å². The van der Waals surface area contributed by atoms with Crippen LogP contribution in [0.25, 0.3) is 22.0 Å². The lowest BCUT2D eigenvalue weighted by atomic mass is 10.1. The lowest BCUT2D eigenvalue weighted by molar-refractivity contribution is 1.31. The van der Waals surface area contributed by atoms with Gasteiger partial charge < -0.3 is 0 Å². The van der Waals surface area contributed by atoms with Crippen LogP contribution in [0.15, 0.2) is 54.6 Å². The molecule has 18 heavy (non-hydrogen) atoms. The molecule has 0 atom stereocenters. The Hall–Kier alpha value is -0.690. The van der Waals surface area contributed by atoms with Gasteiger partial charge in [-0.1, -0.05) is 36.4 Å². The van der Waals surface area contributed by atoms with Gasteiger partial charge in [0.1, 0.15) is 3.70 Å². The fourth-order valence-electron chi connectivity index (χ4n) is 1.94. The van der Waals surface area contributed by atoms with Crippen molar-refractivity contribution in [1.82, 2.24) is 4.98 Å². The number of benzene rings is 2. The number of hydrogen-bond donors (Lipinski definition) is 0. The van der Waals surface area contributed by atoms with E-state index in [1.807, 2.05) is 18.2 Å². The zero-order valence-corrected chi connectivity index (χ0v) is 13.7. The van der Waals surface area contributed by atoms with E-state index >= 15 is 0 Å². The molecule has 0 aliphatic rings. The zero-order valence-electron chi connectivity index (χ0n) is 9.40. The normalized spacial score (nSPS) is 10.8. The van der Waals surface area contributed by atoms with Crippen molar-refractivity contribution < 1.29 is 0 Å². The SMILES string of the molecule is Ic1ccc2cc(-c3ccccc3)nc(I)c2c1. The molecule has 0 bridgehead atoms. The number of fused-ring (bicyclic) bond motifs is 1. The van der Waals surface area contributed by atoms with Gasteiger partial charge in [-0.25, -0.2) is 4.98 Å². The average molecular weight is 457 g/mol. The average Bonchev–Trinajstić information content (AvgIpc) is 2.40. The number of nitrogens with zero attached hydrogens (tertiary/aromatic N) is 1. The summed E-state index contributed by atoms with van der Waals surface area (Å²) in [4.78, 5) is 4.70. The molecule has 0 radical (unpaired) electrons. The largest absolute Gasteiger partial charge is 0.241 e. The van der Waals surface area contributed by atoms with Crippen molar-refractivity contribution in [3.05, 3.63) is 61.9 Å². The minimum absolute atomic E-state index is 1.04. The molecule has 0 spiro atoms. The molecule has 1 aromatic heterocycles. The van der Waals surface area contributed by atoms with E-state index < -0.39 is 0 Å². The molecule has 0 saturated heterocycles. The Morgan fingerprint density at radius 3 is 2.39 bits per heavy atom. The maximum Gasteiger partial charge on any atom is 0.109 e. The highest BCUT2D eigenvalue weighted by molar-refractivity contribution is 14.1. The second-order valence-corrected chi connectivity index (χ2v) is 6.30. The predicted molar refractivity (Wildman–Crippen MR) is 92.6 cm³/mol. The van der Waals surface area contributed by atoms with Gasteiger partial charge in [0.25, 0.3) is 0 Å². The van der Waals surface area contributed by atoms with Crippen LogP contribution in [0.5, 0.6) is 0 Å². The molecule has 0 unspecified atom stereocenters. The first kappa shape index (κ1) is 12.3. The van der Waals surface area contributed by atoms with Gasteiger partial charge in [0.05, 0.1) is 5.69 Å². The fourth-order valence-corrected chi connectivity index (χ4v) is 3.15. The van der Waals surface area contributed by atoms with Crippen molar-refractivity contribution in [3.8, 4) is 11.3 Å². The Morgan fingerprint density at radius 2 is 1.61 bits per heavy atom. The van der Waals surface area contributed by atoms with Crippen molar-refractivity contribution in [2.45, 2.75) is 0 Å². The maximum absolute atomic E-state index is 4.70. The van der Waals surface area contributed by atoms with E-state index in [0.717, 1.165) is 15.0 Å². The molecule has 0 N–H and O–H groups in total. The molecule has 1 heterocycles. The molecular weight excluding hydrogens is 448 g/mol. The van der Waals surface area contributed by atoms with Gasteiger partial charge in [-0.15, -0.1) is 0 Å². The van der Waals surface area contributed by atoms with Gasteiger partial charge in [-0.2, -0.15) is 0 Å². The van der Waals surface area contributed by atoms with Crippen molar-refractivity contribution in [1.29, 1.82) is 0 Å². The van der Waals surface area contributed by atoms with E-state index in [4.69, 9.17) is 4.98 Å². The van der Waals surface area contributed by atoms with Crippen LogP contribution in [0, 0.1) is 7.27 Å². The van der Waals surface area contributed by atoms with Crippen LogP contribution >= 0.6 is 45.2 Å². The zero-order chi connectivity index (χ0) is 12.5. The van der Waals surface area contributed by atoms with E-state index in [2.05, 4.69) is 81.6 Å². The second kappa shape index (κ2) is 5.13. The predicted octanol–water partition coefficient (Wildman–Crippen LogP) is 5.11.